The van der Waals surface area contributed by atoms with Gasteiger partial charge in [0.15, 0.2) is 0 Å². The summed E-state index contributed by atoms with van der Waals surface area (Å²) in [5.74, 6) is -0.571. The normalized spacial score (nSPS) is 21.6. The van der Waals surface area contributed by atoms with Crippen LogP contribution in [0.15, 0.2) is 0 Å². The molecule has 6 nitrogen and oxygen atoms in total. The third-order valence-corrected chi connectivity index (χ3v) is 3.65. The summed E-state index contributed by atoms with van der Waals surface area (Å²) in [5, 5.41) is 14.6. The number of hydrogen-bond acceptors (Lipinski definition) is 3. The van der Waals surface area contributed by atoms with Crippen molar-refractivity contribution in [3.8, 4) is 0 Å². The van der Waals surface area contributed by atoms with E-state index >= 15 is 0 Å². The second-order valence-corrected chi connectivity index (χ2v) is 7.09. The Morgan fingerprint density at radius 2 is 2.00 bits per heavy atom. The molecular formula is C15H28N2O4. The van der Waals surface area contributed by atoms with E-state index in [0.29, 0.717) is 18.9 Å². The molecule has 3 unspecified atom stereocenters. The lowest BCUT2D eigenvalue weighted by Crippen LogP contribution is -2.49. The van der Waals surface area contributed by atoms with Gasteiger partial charge in [-0.25, -0.2) is 4.79 Å². The van der Waals surface area contributed by atoms with Crippen molar-refractivity contribution in [2.45, 2.75) is 59.0 Å². The van der Waals surface area contributed by atoms with Gasteiger partial charge in [0.1, 0.15) is 0 Å². The molecule has 1 aliphatic rings. The van der Waals surface area contributed by atoms with Crippen molar-refractivity contribution in [2.24, 2.45) is 11.3 Å². The van der Waals surface area contributed by atoms with Crippen LogP contribution in [0, 0.1) is 11.3 Å². The lowest BCUT2D eigenvalue weighted by Gasteiger charge is -2.27. The standard InChI is InChI=1S/C15H28N2O4/c1-10(11-5-6-21-9-11)16-14(20)17-12(7-13(18)19)8-15(2,3)4/h10-12H,5-9H2,1-4H3,(H,18,19)(H2,16,17,20). The van der Waals surface area contributed by atoms with E-state index in [1.54, 1.807) is 0 Å². The Bertz CT molecular complexity index is 359. The molecule has 3 N–H and O–H groups in total. The molecule has 1 heterocycles. The fourth-order valence-electron chi connectivity index (χ4n) is 2.62. The Morgan fingerprint density at radius 3 is 2.48 bits per heavy atom. The van der Waals surface area contributed by atoms with Gasteiger partial charge in [0.25, 0.3) is 0 Å². The summed E-state index contributed by atoms with van der Waals surface area (Å²) in [5.41, 5.74) is -0.0433. The Labute approximate surface area is 126 Å². The van der Waals surface area contributed by atoms with Gasteiger partial charge in [-0.3, -0.25) is 4.79 Å². The zero-order valence-electron chi connectivity index (χ0n) is 13.4. The molecule has 3 atom stereocenters. The zero-order chi connectivity index (χ0) is 16.0. The maximum atomic E-state index is 12.0. The highest BCUT2D eigenvalue weighted by molar-refractivity contribution is 5.76. The van der Waals surface area contributed by atoms with Crippen LogP contribution in [0.5, 0.6) is 0 Å². The van der Waals surface area contributed by atoms with E-state index < -0.39 is 5.97 Å². The molecule has 0 spiro atoms. The molecule has 1 rings (SSSR count). The van der Waals surface area contributed by atoms with Crippen LogP contribution in [0.4, 0.5) is 4.79 Å². The number of urea groups is 1. The molecule has 122 valence electrons. The molecule has 1 fully saturated rings. The van der Waals surface area contributed by atoms with Crippen LogP contribution in [-0.4, -0.2) is 42.4 Å². The summed E-state index contributed by atoms with van der Waals surface area (Å²) in [4.78, 5) is 23.0. The van der Waals surface area contributed by atoms with Gasteiger partial charge in [0.2, 0.25) is 0 Å². The molecule has 0 bridgehead atoms. The Morgan fingerprint density at radius 1 is 1.33 bits per heavy atom. The van der Waals surface area contributed by atoms with Crippen molar-refractivity contribution >= 4 is 12.0 Å². The van der Waals surface area contributed by atoms with Crippen LogP contribution in [0.25, 0.3) is 0 Å². The van der Waals surface area contributed by atoms with E-state index in [1.165, 1.54) is 0 Å². The maximum absolute atomic E-state index is 12.0. The number of carboxylic acids is 1. The maximum Gasteiger partial charge on any atom is 0.315 e. The van der Waals surface area contributed by atoms with Crippen molar-refractivity contribution in [1.82, 2.24) is 10.6 Å². The number of ether oxygens (including phenoxy) is 1. The highest BCUT2D eigenvalue weighted by Gasteiger charge is 2.26. The smallest absolute Gasteiger partial charge is 0.315 e. The molecular weight excluding hydrogens is 272 g/mol. The van der Waals surface area contributed by atoms with Crippen LogP contribution in [0.1, 0.15) is 47.0 Å². The molecule has 0 aromatic heterocycles. The summed E-state index contributed by atoms with van der Waals surface area (Å²) >= 11 is 0. The highest BCUT2D eigenvalue weighted by Crippen LogP contribution is 2.22. The number of carbonyl (C=O) groups excluding carboxylic acids is 1. The number of rotatable bonds is 6. The summed E-state index contributed by atoms with van der Waals surface area (Å²) in [6.07, 6.45) is 1.50. The molecule has 0 aromatic rings. The van der Waals surface area contributed by atoms with Crippen molar-refractivity contribution in [2.75, 3.05) is 13.2 Å². The summed E-state index contributed by atoms with van der Waals surface area (Å²) < 4.78 is 5.31. The van der Waals surface area contributed by atoms with E-state index in [0.717, 1.165) is 13.0 Å². The SMILES string of the molecule is CC(NC(=O)NC(CC(=O)O)CC(C)(C)C)C1CCOC1. The van der Waals surface area contributed by atoms with Gasteiger partial charge < -0.3 is 20.5 Å². The summed E-state index contributed by atoms with van der Waals surface area (Å²) in [6, 6.07) is -0.646. The number of hydrogen-bond donors (Lipinski definition) is 3. The Balaban J connectivity index is 2.48. The molecule has 0 radical (unpaired) electrons. The minimum Gasteiger partial charge on any atom is -0.481 e. The third-order valence-electron chi connectivity index (χ3n) is 3.65. The zero-order valence-corrected chi connectivity index (χ0v) is 13.4. The van der Waals surface area contributed by atoms with E-state index in [1.807, 2.05) is 27.7 Å². The fraction of sp³-hybridized carbons (Fsp3) is 0.867. The molecule has 0 saturated carbocycles. The van der Waals surface area contributed by atoms with Crippen LogP contribution < -0.4 is 10.6 Å². The minimum absolute atomic E-state index is 0.0209. The first-order valence-corrected chi connectivity index (χ1v) is 7.54. The number of nitrogens with one attached hydrogen (secondary N) is 2. The largest absolute Gasteiger partial charge is 0.481 e. The Kier molecular flexibility index (Phi) is 6.45. The topological polar surface area (TPSA) is 87.7 Å². The predicted octanol–water partition coefficient (Wildman–Crippen LogP) is 1.99. The van der Waals surface area contributed by atoms with Gasteiger partial charge in [-0.2, -0.15) is 0 Å². The average molecular weight is 300 g/mol. The van der Waals surface area contributed by atoms with Crippen molar-refractivity contribution in [3.05, 3.63) is 0 Å². The second kappa shape index (κ2) is 7.64. The van der Waals surface area contributed by atoms with Crippen LogP contribution in [-0.2, 0) is 9.53 Å². The highest BCUT2D eigenvalue weighted by atomic mass is 16.5. The van der Waals surface area contributed by atoms with Gasteiger partial charge in [-0.15, -0.1) is 0 Å². The fourth-order valence-corrected chi connectivity index (χ4v) is 2.62. The average Bonchev–Trinajstić information content (AvgIpc) is 2.77. The summed E-state index contributed by atoms with van der Waals surface area (Å²) in [7, 11) is 0. The van der Waals surface area contributed by atoms with Crippen LogP contribution >= 0.6 is 0 Å². The molecule has 2 amide bonds. The first-order valence-electron chi connectivity index (χ1n) is 7.54. The van der Waals surface area contributed by atoms with Gasteiger partial charge in [0.05, 0.1) is 13.0 Å². The van der Waals surface area contributed by atoms with Crippen molar-refractivity contribution in [3.63, 3.8) is 0 Å². The monoisotopic (exact) mass is 300 g/mol. The first kappa shape index (κ1) is 17.8. The van der Waals surface area contributed by atoms with Crippen LogP contribution in [0.2, 0.25) is 0 Å². The number of carbonyl (C=O) groups is 2. The molecule has 6 heteroatoms. The lowest BCUT2D eigenvalue weighted by molar-refractivity contribution is -0.137. The van der Waals surface area contributed by atoms with Gasteiger partial charge in [0, 0.05) is 24.6 Å². The molecule has 1 aliphatic heterocycles. The first-order chi connectivity index (χ1) is 9.67. The van der Waals surface area contributed by atoms with Gasteiger partial charge >= 0.3 is 12.0 Å². The van der Waals surface area contributed by atoms with E-state index in [9.17, 15) is 9.59 Å². The Hall–Kier alpha value is -1.30. The van der Waals surface area contributed by atoms with E-state index in [2.05, 4.69) is 10.6 Å². The molecule has 0 aliphatic carbocycles. The second-order valence-electron chi connectivity index (χ2n) is 7.09. The number of aliphatic carboxylic acids is 1. The van der Waals surface area contributed by atoms with E-state index in [4.69, 9.17) is 9.84 Å². The van der Waals surface area contributed by atoms with E-state index in [-0.39, 0.29) is 30.0 Å². The van der Waals surface area contributed by atoms with Crippen LogP contribution in [0.3, 0.4) is 0 Å². The summed E-state index contributed by atoms with van der Waals surface area (Å²) in [6.45, 7) is 9.45. The predicted molar refractivity (Wildman–Crippen MR) is 80.2 cm³/mol. The lowest BCUT2D eigenvalue weighted by atomic mass is 9.87. The molecule has 0 aromatic carbocycles. The van der Waals surface area contributed by atoms with Crippen molar-refractivity contribution < 1.29 is 19.4 Å². The third kappa shape index (κ3) is 7.32. The van der Waals surface area contributed by atoms with Gasteiger partial charge in [-0.05, 0) is 25.2 Å². The minimum atomic E-state index is -0.901. The number of amides is 2. The van der Waals surface area contributed by atoms with Gasteiger partial charge in [-0.1, -0.05) is 20.8 Å². The number of carboxylic acid groups (broad SMARTS) is 1. The van der Waals surface area contributed by atoms with Crippen molar-refractivity contribution in [1.29, 1.82) is 0 Å². The quantitative estimate of drug-likeness (QED) is 0.700. The molecule has 21 heavy (non-hydrogen) atoms. The molecule has 1 saturated heterocycles.